The van der Waals surface area contributed by atoms with Crippen molar-refractivity contribution in [1.82, 2.24) is 5.43 Å². The molecule has 0 saturated heterocycles. The van der Waals surface area contributed by atoms with Gasteiger partial charge >= 0.3 is 6.09 Å². The van der Waals surface area contributed by atoms with Crippen LogP contribution in [-0.2, 0) is 4.74 Å². The summed E-state index contributed by atoms with van der Waals surface area (Å²) >= 11 is 5.76. The fourth-order valence-electron chi connectivity index (χ4n) is 1.05. The second kappa shape index (κ2) is 6.12. The number of hydrogen-bond acceptors (Lipinski definition) is 3. The van der Waals surface area contributed by atoms with Gasteiger partial charge in [0.2, 0.25) is 0 Å². The minimum absolute atomic E-state index is 0.321. The van der Waals surface area contributed by atoms with Crippen LogP contribution in [-0.4, -0.2) is 18.4 Å². The van der Waals surface area contributed by atoms with Gasteiger partial charge in [0.25, 0.3) is 0 Å². The Morgan fingerprint density at radius 3 is 2.62 bits per heavy atom. The van der Waals surface area contributed by atoms with Gasteiger partial charge in [-0.25, -0.2) is 10.2 Å². The Morgan fingerprint density at radius 2 is 2.06 bits per heavy atom. The molecule has 0 atom stereocenters. The second-order valence-electron chi connectivity index (χ2n) is 3.04. The first kappa shape index (κ1) is 12.5. The molecule has 0 fully saturated rings. The van der Waals surface area contributed by atoms with E-state index in [9.17, 15) is 4.79 Å². The van der Waals surface area contributed by atoms with E-state index in [-0.39, 0.29) is 0 Å². The topological polar surface area (TPSA) is 50.7 Å². The van der Waals surface area contributed by atoms with Crippen molar-refractivity contribution in [3.63, 3.8) is 0 Å². The molecule has 0 aromatic heterocycles. The molecule has 0 aliphatic carbocycles. The predicted octanol–water partition coefficient (Wildman–Crippen LogP) is 2.81. The van der Waals surface area contributed by atoms with E-state index >= 15 is 0 Å². The van der Waals surface area contributed by atoms with Crippen molar-refractivity contribution in [1.29, 1.82) is 0 Å². The van der Waals surface area contributed by atoms with Crippen LogP contribution in [0.1, 0.15) is 19.4 Å². The summed E-state index contributed by atoms with van der Waals surface area (Å²) in [7, 11) is 0. The molecule has 0 heterocycles. The standard InChI is InChI=1S/C11H13ClN2O2/c1-3-16-11(15)14-13-8(2)9-4-6-10(12)7-5-9/h4-7H,3H2,1-2H3,(H,14,15)/b13-8-. The van der Waals surface area contributed by atoms with Crippen molar-refractivity contribution in [2.24, 2.45) is 5.10 Å². The van der Waals surface area contributed by atoms with Gasteiger partial charge in [0, 0.05) is 5.02 Å². The van der Waals surface area contributed by atoms with Gasteiger partial charge in [-0.1, -0.05) is 23.7 Å². The molecule has 5 heteroatoms. The van der Waals surface area contributed by atoms with Gasteiger partial charge in [0.1, 0.15) is 0 Å². The molecule has 0 aliphatic rings. The van der Waals surface area contributed by atoms with Crippen LogP contribution >= 0.6 is 11.6 Å². The highest BCUT2D eigenvalue weighted by atomic mass is 35.5. The summed E-state index contributed by atoms with van der Waals surface area (Å²) in [6.07, 6.45) is -0.559. The van der Waals surface area contributed by atoms with Crippen LogP contribution in [0.4, 0.5) is 4.79 Å². The summed E-state index contributed by atoms with van der Waals surface area (Å²) in [5.74, 6) is 0. The zero-order valence-corrected chi connectivity index (χ0v) is 9.91. The number of nitrogens with zero attached hydrogens (tertiary/aromatic N) is 1. The van der Waals surface area contributed by atoms with Gasteiger partial charge < -0.3 is 4.74 Å². The van der Waals surface area contributed by atoms with Crippen LogP contribution in [0.15, 0.2) is 29.4 Å². The van der Waals surface area contributed by atoms with Crippen LogP contribution in [0, 0.1) is 0 Å². The second-order valence-corrected chi connectivity index (χ2v) is 3.47. The summed E-state index contributed by atoms with van der Waals surface area (Å²) < 4.78 is 4.67. The molecule has 1 amide bonds. The molecule has 0 aliphatic heterocycles. The quantitative estimate of drug-likeness (QED) is 0.652. The number of benzene rings is 1. The van der Waals surface area contributed by atoms with E-state index in [0.29, 0.717) is 17.3 Å². The molecule has 1 N–H and O–H groups in total. The molecule has 0 radical (unpaired) electrons. The number of carbonyl (C=O) groups is 1. The Morgan fingerprint density at radius 1 is 1.44 bits per heavy atom. The summed E-state index contributed by atoms with van der Waals surface area (Å²) in [5, 5.41) is 4.55. The average molecular weight is 241 g/mol. The van der Waals surface area contributed by atoms with E-state index in [0.717, 1.165) is 5.56 Å². The Hall–Kier alpha value is -1.55. The number of nitrogens with one attached hydrogen (secondary N) is 1. The van der Waals surface area contributed by atoms with Gasteiger partial charge in [-0.3, -0.25) is 0 Å². The zero-order valence-electron chi connectivity index (χ0n) is 9.16. The third-order valence-corrected chi connectivity index (χ3v) is 2.10. The Balaban J connectivity index is 2.63. The maximum absolute atomic E-state index is 11.0. The first-order valence-electron chi connectivity index (χ1n) is 4.86. The van der Waals surface area contributed by atoms with Crippen molar-refractivity contribution < 1.29 is 9.53 Å². The summed E-state index contributed by atoms with van der Waals surface area (Å²) in [5.41, 5.74) is 3.87. The van der Waals surface area contributed by atoms with Crippen LogP contribution in [0.25, 0.3) is 0 Å². The average Bonchev–Trinajstić information content (AvgIpc) is 2.27. The first-order chi connectivity index (χ1) is 7.63. The predicted molar refractivity (Wildman–Crippen MR) is 63.8 cm³/mol. The van der Waals surface area contributed by atoms with Gasteiger partial charge in [0.15, 0.2) is 0 Å². The number of halogens is 1. The normalized spacial score (nSPS) is 11.1. The fourth-order valence-corrected chi connectivity index (χ4v) is 1.17. The molecule has 0 bridgehead atoms. The molecule has 86 valence electrons. The molecule has 1 rings (SSSR count). The van der Waals surface area contributed by atoms with Crippen molar-refractivity contribution in [2.45, 2.75) is 13.8 Å². The Labute approximate surface area is 99.2 Å². The number of hydrogen-bond donors (Lipinski definition) is 1. The largest absolute Gasteiger partial charge is 0.449 e. The van der Waals surface area contributed by atoms with E-state index in [1.54, 1.807) is 26.0 Å². The first-order valence-corrected chi connectivity index (χ1v) is 5.24. The molecule has 0 spiro atoms. The molecule has 0 saturated carbocycles. The minimum atomic E-state index is -0.559. The van der Waals surface area contributed by atoms with E-state index in [4.69, 9.17) is 11.6 Å². The SMILES string of the molecule is CCOC(=O)N/N=C(/C)c1ccc(Cl)cc1. The molecule has 16 heavy (non-hydrogen) atoms. The summed E-state index contributed by atoms with van der Waals surface area (Å²) in [6.45, 7) is 3.84. The summed E-state index contributed by atoms with van der Waals surface area (Å²) in [6, 6.07) is 7.18. The van der Waals surface area contributed by atoms with E-state index in [1.165, 1.54) is 0 Å². The summed E-state index contributed by atoms with van der Waals surface area (Å²) in [4.78, 5) is 11.0. The number of ether oxygens (including phenoxy) is 1. The van der Waals surface area contributed by atoms with E-state index in [2.05, 4.69) is 15.3 Å². The molecule has 0 unspecified atom stereocenters. The Kier molecular flexibility index (Phi) is 4.79. The highest BCUT2D eigenvalue weighted by Crippen LogP contribution is 2.09. The monoisotopic (exact) mass is 240 g/mol. The van der Waals surface area contributed by atoms with Crippen LogP contribution in [0.5, 0.6) is 0 Å². The molecule has 1 aromatic rings. The maximum Gasteiger partial charge on any atom is 0.427 e. The van der Waals surface area contributed by atoms with Crippen LogP contribution < -0.4 is 5.43 Å². The smallest absolute Gasteiger partial charge is 0.427 e. The number of amides is 1. The third-order valence-electron chi connectivity index (χ3n) is 1.85. The van der Waals surface area contributed by atoms with Crippen molar-refractivity contribution in [3.8, 4) is 0 Å². The highest BCUT2D eigenvalue weighted by molar-refractivity contribution is 6.30. The molecular formula is C11H13ClN2O2. The lowest BCUT2D eigenvalue weighted by atomic mass is 10.1. The lowest BCUT2D eigenvalue weighted by molar-refractivity contribution is 0.152. The fraction of sp³-hybridized carbons (Fsp3) is 0.273. The van der Waals surface area contributed by atoms with Crippen molar-refractivity contribution in [2.75, 3.05) is 6.61 Å². The lowest BCUT2D eigenvalue weighted by Gasteiger charge is -2.02. The number of hydrazone groups is 1. The minimum Gasteiger partial charge on any atom is -0.449 e. The zero-order chi connectivity index (χ0) is 12.0. The van der Waals surface area contributed by atoms with Gasteiger partial charge in [0.05, 0.1) is 12.3 Å². The van der Waals surface area contributed by atoms with Crippen LogP contribution in [0.3, 0.4) is 0 Å². The van der Waals surface area contributed by atoms with Gasteiger partial charge in [-0.05, 0) is 31.5 Å². The van der Waals surface area contributed by atoms with E-state index in [1.807, 2.05) is 12.1 Å². The van der Waals surface area contributed by atoms with Crippen LogP contribution in [0.2, 0.25) is 5.02 Å². The molecular weight excluding hydrogens is 228 g/mol. The highest BCUT2D eigenvalue weighted by Gasteiger charge is 2.00. The van der Waals surface area contributed by atoms with Crippen molar-refractivity contribution in [3.05, 3.63) is 34.9 Å². The third kappa shape index (κ3) is 3.90. The van der Waals surface area contributed by atoms with Crippen molar-refractivity contribution >= 4 is 23.4 Å². The number of rotatable bonds is 3. The van der Waals surface area contributed by atoms with Gasteiger partial charge in [-0.2, -0.15) is 5.10 Å². The lowest BCUT2D eigenvalue weighted by Crippen LogP contribution is -2.20. The maximum atomic E-state index is 11.0. The number of carbonyl (C=O) groups excluding carboxylic acids is 1. The van der Waals surface area contributed by atoms with E-state index < -0.39 is 6.09 Å². The van der Waals surface area contributed by atoms with Gasteiger partial charge in [-0.15, -0.1) is 0 Å². The molecule has 1 aromatic carbocycles. The Bertz CT molecular complexity index is 387. The molecule has 4 nitrogen and oxygen atoms in total.